The number of aryl methyl sites for hydroxylation is 3. The van der Waals surface area contributed by atoms with Crippen LogP contribution in [-0.2, 0) is 0 Å². The zero-order chi connectivity index (χ0) is 17.8. The summed E-state index contributed by atoms with van der Waals surface area (Å²) in [7, 11) is 0. The van der Waals surface area contributed by atoms with E-state index in [0.717, 1.165) is 6.42 Å². The smallest absolute Gasteiger partial charge is 0.0117 e. The average molecular weight is 319 g/mol. The summed E-state index contributed by atoms with van der Waals surface area (Å²) in [5.41, 5.74) is 14.6. The molecule has 24 heavy (non-hydrogen) atoms. The normalized spacial score (nSPS) is 20.0. The lowest BCUT2D eigenvalue weighted by Gasteiger charge is -2.29. The van der Waals surface area contributed by atoms with Gasteiger partial charge in [-0.3, -0.25) is 0 Å². The van der Waals surface area contributed by atoms with Crippen molar-refractivity contribution < 1.29 is 0 Å². The van der Waals surface area contributed by atoms with Crippen LogP contribution < -0.4 is 0 Å². The summed E-state index contributed by atoms with van der Waals surface area (Å²) in [5, 5.41) is 0. The van der Waals surface area contributed by atoms with Crippen molar-refractivity contribution in [3.8, 4) is 0 Å². The summed E-state index contributed by atoms with van der Waals surface area (Å²) in [5.74, 6) is 0. The highest BCUT2D eigenvalue weighted by atomic mass is 14.4. The van der Waals surface area contributed by atoms with E-state index >= 15 is 0 Å². The Balaban J connectivity index is 2.15. The maximum absolute atomic E-state index is 2.43. The SMILES string of the molecule is CC1=C(C)C(C)(C)C(C2=CCC=C2c2c(C)cc(C)cc2C)=C1C. The monoisotopic (exact) mass is 318 g/mol. The zero-order valence-corrected chi connectivity index (χ0v) is 16.5. The average Bonchev–Trinajstić information content (AvgIpc) is 2.97. The number of rotatable bonds is 2. The van der Waals surface area contributed by atoms with Crippen LogP contribution in [0.5, 0.6) is 0 Å². The van der Waals surface area contributed by atoms with Gasteiger partial charge in [-0.2, -0.15) is 0 Å². The van der Waals surface area contributed by atoms with Gasteiger partial charge in [-0.05, 0) is 92.5 Å². The molecule has 0 aromatic heterocycles. The maximum Gasteiger partial charge on any atom is 0.0117 e. The van der Waals surface area contributed by atoms with E-state index < -0.39 is 0 Å². The quantitative estimate of drug-likeness (QED) is 0.549. The summed E-state index contributed by atoms with van der Waals surface area (Å²) in [6, 6.07) is 4.63. The van der Waals surface area contributed by atoms with Gasteiger partial charge in [0.25, 0.3) is 0 Å². The van der Waals surface area contributed by atoms with Gasteiger partial charge in [0.1, 0.15) is 0 Å². The molecule has 0 nitrogen and oxygen atoms in total. The fourth-order valence-electron chi connectivity index (χ4n) is 4.73. The van der Waals surface area contributed by atoms with E-state index in [4.69, 9.17) is 0 Å². The molecule has 0 heteroatoms. The van der Waals surface area contributed by atoms with Crippen molar-refractivity contribution in [1.82, 2.24) is 0 Å². The van der Waals surface area contributed by atoms with Crippen molar-refractivity contribution in [2.24, 2.45) is 5.41 Å². The van der Waals surface area contributed by atoms with E-state index in [2.05, 4.69) is 79.7 Å². The molecular weight excluding hydrogens is 288 g/mol. The minimum atomic E-state index is 0.121. The first-order valence-corrected chi connectivity index (χ1v) is 9.05. The Bertz CT molecular complexity index is 825. The molecule has 2 aliphatic rings. The van der Waals surface area contributed by atoms with Crippen LogP contribution in [0.2, 0.25) is 0 Å². The van der Waals surface area contributed by atoms with E-state index in [-0.39, 0.29) is 5.41 Å². The highest BCUT2D eigenvalue weighted by molar-refractivity contribution is 5.90. The standard InChI is InChI=1S/C24H30/c1-14-12-15(2)22(16(3)13-14)20-10-9-11-21(20)23-18(5)17(4)19(6)24(23,7)8/h10-13H,9H2,1-8H3. The molecule has 3 rings (SSSR count). The number of benzene rings is 1. The van der Waals surface area contributed by atoms with Crippen molar-refractivity contribution in [2.75, 3.05) is 0 Å². The molecule has 2 aliphatic carbocycles. The maximum atomic E-state index is 2.43. The second-order valence-corrected chi connectivity index (χ2v) is 8.12. The molecule has 0 aliphatic heterocycles. The molecule has 126 valence electrons. The van der Waals surface area contributed by atoms with Crippen LogP contribution >= 0.6 is 0 Å². The summed E-state index contributed by atoms with van der Waals surface area (Å²) >= 11 is 0. The minimum absolute atomic E-state index is 0.121. The van der Waals surface area contributed by atoms with Gasteiger partial charge in [-0.25, -0.2) is 0 Å². The van der Waals surface area contributed by atoms with Crippen molar-refractivity contribution in [2.45, 2.75) is 61.8 Å². The van der Waals surface area contributed by atoms with E-state index in [1.165, 1.54) is 55.7 Å². The fourth-order valence-corrected chi connectivity index (χ4v) is 4.73. The fraction of sp³-hybridized carbons (Fsp3) is 0.417. The first-order valence-electron chi connectivity index (χ1n) is 9.05. The predicted octanol–water partition coefficient (Wildman–Crippen LogP) is 7.02. The van der Waals surface area contributed by atoms with Gasteiger partial charge in [-0.1, -0.05) is 49.3 Å². The van der Waals surface area contributed by atoms with Gasteiger partial charge in [0.2, 0.25) is 0 Å². The van der Waals surface area contributed by atoms with Gasteiger partial charge in [0, 0.05) is 5.41 Å². The minimum Gasteiger partial charge on any atom is -0.0725 e. The molecule has 0 heterocycles. The van der Waals surface area contributed by atoms with Crippen LogP contribution in [-0.4, -0.2) is 0 Å². The van der Waals surface area contributed by atoms with E-state index in [9.17, 15) is 0 Å². The zero-order valence-electron chi connectivity index (χ0n) is 16.5. The third-order valence-corrected chi connectivity index (χ3v) is 6.21. The predicted molar refractivity (Wildman–Crippen MR) is 106 cm³/mol. The number of allylic oxidation sites excluding steroid dienone is 8. The second kappa shape index (κ2) is 5.62. The van der Waals surface area contributed by atoms with Gasteiger partial charge in [-0.15, -0.1) is 0 Å². The molecule has 0 N–H and O–H groups in total. The van der Waals surface area contributed by atoms with Gasteiger partial charge < -0.3 is 0 Å². The van der Waals surface area contributed by atoms with Gasteiger partial charge in [0.15, 0.2) is 0 Å². The summed E-state index contributed by atoms with van der Waals surface area (Å²) < 4.78 is 0. The topological polar surface area (TPSA) is 0 Å². The third kappa shape index (κ3) is 2.35. The molecule has 0 radical (unpaired) electrons. The lowest BCUT2D eigenvalue weighted by molar-refractivity contribution is 0.557. The Morgan fingerprint density at radius 2 is 1.29 bits per heavy atom. The van der Waals surface area contributed by atoms with Crippen molar-refractivity contribution in [3.63, 3.8) is 0 Å². The molecule has 1 aromatic carbocycles. The van der Waals surface area contributed by atoms with Crippen LogP contribution in [0, 0.1) is 26.2 Å². The van der Waals surface area contributed by atoms with Gasteiger partial charge in [0.05, 0.1) is 0 Å². The molecule has 0 saturated carbocycles. The van der Waals surface area contributed by atoms with Crippen molar-refractivity contribution in [1.29, 1.82) is 0 Å². The van der Waals surface area contributed by atoms with Gasteiger partial charge >= 0.3 is 0 Å². The number of hydrogen-bond donors (Lipinski definition) is 0. The largest absolute Gasteiger partial charge is 0.0725 e. The Hall–Kier alpha value is -1.82. The Labute approximate surface area is 147 Å². The van der Waals surface area contributed by atoms with Crippen LogP contribution in [0.15, 0.2) is 52.2 Å². The first kappa shape index (κ1) is 17.0. The molecule has 0 spiro atoms. The summed E-state index contributed by atoms with van der Waals surface area (Å²) in [4.78, 5) is 0. The summed E-state index contributed by atoms with van der Waals surface area (Å²) in [6.45, 7) is 18.3. The molecule has 0 amide bonds. The summed E-state index contributed by atoms with van der Waals surface area (Å²) in [6.07, 6.45) is 5.89. The molecule has 1 aromatic rings. The van der Waals surface area contributed by atoms with Crippen LogP contribution in [0.25, 0.3) is 5.57 Å². The Morgan fingerprint density at radius 1 is 0.750 bits per heavy atom. The van der Waals surface area contributed by atoms with Crippen molar-refractivity contribution >= 4 is 5.57 Å². The first-order chi connectivity index (χ1) is 11.2. The van der Waals surface area contributed by atoms with E-state index in [1.54, 1.807) is 0 Å². The Morgan fingerprint density at radius 3 is 1.79 bits per heavy atom. The molecule has 0 bridgehead atoms. The van der Waals surface area contributed by atoms with Crippen LogP contribution in [0.3, 0.4) is 0 Å². The molecule has 0 unspecified atom stereocenters. The molecule has 0 fully saturated rings. The second-order valence-electron chi connectivity index (χ2n) is 8.12. The van der Waals surface area contributed by atoms with Crippen LogP contribution in [0.1, 0.15) is 63.3 Å². The lowest BCUT2D eigenvalue weighted by atomic mass is 9.75. The highest BCUT2D eigenvalue weighted by Crippen LogP contribution is 2.53. The van der Waals surface area contributed by atoms with Crippen molar-refractivity contribution in [3.05, 3.63) is 74.4 Å². The number of hydrogen-bond acceptors (Lipinski definition) is 0. The van der Waals surface area contributed by atoms with E-state index in [0.29, 0.717) is 0 Å². The van der Waals surface area contributed by atoms with E-state index in [1.807, 2.05) is 0 Å². The highest BCUT2D eigenvalue weighted by Gasteiger charge is 2.38. The molecule has 0 atom stereocenters. The molecular formula is C24H30. The third-order valence-electron chi connectivity index (χ3n) is 6.21. The van der Waals surface area contributed by atoms with Crippen LogP contribution in [0.4, 0.5) is 0 Å². The molecule has 0 saturated heterocycles. The lowest BCUT2D eigenvalue weighted by Crippen LogP contribution is -2.16. The Kier molecular flexibility index (Phi) is 3.98.